The first-order valence-electron chi connectivity index (χ1n) is 24.0. The average molecular weight is 794 g/mol. The van der Waals surface area contributed by atoms with Crippen molar-refractivity contribution in [3.8, 4) is 11.5 Å². The number of unbranched alkanes of at least 4 members (excludes halogenated alkanes) is 20. The summed E-state index contributed by atoms with van der Waals surface area (Å²) in [6.45, 7) is 26.2. The molecule has 0 radical (unpaired) electrons. The molecule has 320 valence electrons. The van der Waals surface area contributed by atoms with Crippen LogP contribution in [0.3, 0.4) is 0 Å². The molecule has 0 fully saturated rings. The third-order valence-electron chi connectivity index (χ3n) is 12.2. The van der Waals surface area contributed by atoms with E-state index < -0.39 is 7.94 Å². The molecule has 56 heavy (non-hydrogen) atoms. The van der Waals surface area contributed by atoms with Crippen LogP contribution < -0.4 is 9.05 Å². The molecule has 0 aromatic heterocycles. The molecule has 4 heterocycles. The van der Waals surface area contributed by atoms with E-state index in [2.05, 4.69) is 100 Å². The molecule has 0 unspecified atom stereocenters. The second-order valence-electron chi connectivity index (χ2n) is 19.7. The fourth-order valence-corrected chi connectivity index (χ4v) is 11.1. The van der Waals surface area contributed by atoms with Crippen LogP contribution in [0.4, 0.5) is 0 Å². The predicted molar refractivity (Wildman–Crippen MR) is 248 cm³/mol. The number of rotatable bonds is 27. The standard InChI is InChI=1S/C52H90O3P/c1-12-15-17-19-21-23-25-27-29-31-33-36-53-56(37-34-32-30-28-26-24-22-20-18-16-13-2)54-49-38-42(4)45(40-47(49)51(6,7)8)44(35-14-3)46-41-48(52(9,10)11)50(55-56)39-43(46)5/h38-41,44H,12-37H2,1-11H3/q+1. The van der Waals surface area contributed by atoms with Gasteiger partial charge in [0.2, 0.25) is 0 Å². The van der Waals surface area contributed by atoms with Crippen LogP contribution in [0.25, 0.3) is 0 Å². The van der Waals surface area contributed by atoms with Gasteiger partial charge in [-0.15, -0.1) is 0 Å². The Morgan fingerprint density at radius 1 is 0.482 bits per heavy atom. The molecule has 0 spiro atoms. The first kappa shape index (κ1) is 48.8. The van der Waals surface area contributed by atoms with Gasteiger partial charge in [0.1, 0.15) is 0 Å². The fourth-order valence-electron chi connectivity index (χ4n) is 8.70. The number of benzene rings is 2. The first-order valence-corrected chi connectivity index (χ1v) is 25.7. The van der Waals surface area contributed by atoms with E-state index in [0.29, 0.717) is 12.5 Å². The smallest absolute Gasteiger partial charge is 0.277 e. The Bertz CT molecular complexity index is 1310. The lowest BCUT2D eigenvalue weighted by Crippen LogP contribution is -2.23. The van der Waals surface area contributed by atoms with Gasteiger partial charge in [-0.2, -0.15) is 4.52 Å². The van der Waals surface area contributed by atoms with E-state index in [1.165, 1.54) is 162 Å². The van der Waals surface area contributed by atoms with E-state index in [1.54, 1.807) is 0 Å². The zero-order valence-corrected chi connectivity index (χ0v) is 39.8. The van der Waals surface area contributed by atoms with Crippen molar-refractivity contribution in [3.63, 3.8) is 0 Å². The van der Waals surface area contributed by atoms with E-state index in [1.807, 2.05) is 0 Å². The maximum atomic E-state index is 7.48. The molecular formula is C52H90O3P+. The second-order valence-corrected chi connectivity index (χ2v) is 22.0. The molecule has 2 aromatic carbocycles. The maximum absolute atomic E-state index is 7.48. The summed E-state index contributed by atoms with van der Waals surface area (Å²) in [5.41, 5.74) is 7.87. The van der Waals surface area contributed by atoms with Crippen molar-refractivity contribution < 1.29 is 13.6 Å². The fraction of sp³-hybridized carbons (Fsp3) is 0.769. The lowest BCUT2D eigenvalue weighted by atomic mass is 9.76. The Morgan fingerprint density at radius 3 is 1.20 bits per heavy atom. The Kier molecular flexibility index (Phi) is 21.9. The molecule has 3 nitrogen and oxygen atoms in total. The van der Waals surface area contributed by atoms with Crippen LogP contribution in [0.5, 0.6) is 11.5 Å². The number of hydrogen-bond donors (Lipinski definition) is 0. The Balaban J connectivity index is 1.93. The Labute approximate surface area is 349 Å². The summed E-state index contributed by atoms with van der Waals surface area (Å²) in [4.78, 5) is 0. The number of aryl methyl sites for hydroxylation is 2. The molecule has 6 rings (SSSR count). The maximum Gasteiger partial charge on any atom is 0.497 e. The van der Waals surface area contributed by atoms with Gasteiger partial charge >= 0.3 is 7.94 Å². The lowest BCUT2D eigenvalue weighted by Gasteiger charge is -2.33. The van der Waals surface area contributed by atoms with E-state index in [9.17, 15) is 0 Å². The van der Waals surface area contributed by atoms with Gasteiger partial charge in [0.25, 0.3) is 0 Å². The molecule has 0 saturated carbocycles. The Hall–Kier alpha value is -1.57. The van der Waals surface area contributed by atoms with Gasteiger partial charge in [0.05, 0.1) is 6.61 Å². The zero-order valence-electron chi connectivity index (χ0n) is 38.9. The average Bonchev–Trinajstić information content (AvgIpc) is 3.12. The molecule has 0 saturated heterocycles. The van der Waals surface area contributed by atoms with E-state index in [4.69, 9.17) is 13.6 Å². The largest absolute Gasteiger partial charge is 0.497 e. The highest BCUT2D eigenvalue weighted by Gasteiger charge is 2.50. The van der Waals surface area contributed by atoms with Crippen LogP contribution >= 0.6 is 7.94 Å². The highest BCUT2D eigenvalue weighted by Crippen LogP contribution is 2.64. The molecule has 2 aromatic rings. The minimum atomic E-state index is -2.85. The molecule has 0 aliphatic carbocycles. The van der Waals surface area contributed by atoms with Gasteiger partial charge in [0, 0.05) is 17.0 Å². The second kappa shape index (κ2) is 25.1. The first-order chi connectivity index (χ1) is 26.8. The minimum Gasteiger partial charge on any atom is -0.277 e. The monoisotopic (exact) mass is 794 g/mol. The van der Waals surface area contributed by atoms with Gasteiger partial charge in [-0.25, -0.2) is 0 Å². The molecule has 4 bridgehead atoms. The van der Waals surface area contributed by atoms with E-state index >= 15 is 0 Å². The summed E-state index contributed by atoms with van der Waals surface area (Å²) in [7, 11) is -2.85. The van der Waals surface area contributed by atoms with Crippen LogP contribution in [-0.2, 0) is 15.4 Å². The van der Waals surface area contributed by atoms with Crippen molar-refractivity contribution >= 4 is 7.94 Å². The normalized spacial score (nSPS) is 17.2. The van der Waals surface area contributed by atoms with Crippen molar-refractivity contribution in [1.29, 1.82) is 0 Å². The van der Waals surface area contributed by atoms with Crippen molar-refractivity contribution in [2.24, 2.45) is 0 Å². The zero-order chi connectivity index (χ0) is 41.0. The summed E-state index contributed by atoms with van der Waals surface area (Å²) in [5, 5.41) is 0. The quantitative estimate of drug-likeness (QED) is 0.0666. The summed E-state index contributed by atoms with van der Waals surface area (Å²) in [6, 6.07) is 9.68. The van der Waals surface area contributed by atoms with Gasteiger partial charge in [0.15, 0.2) is 17.7 Å². The third kappa shape index (κ3) is 16.2. The van der Waals surface area contributed by atoms with Crippen molar-refractivity contribution in [3.05, 3.63) is 57.6 Å². The van der Waals surface area contributed by atoms with Gasteiger partial charge in [-0.1, -0.05) is 203 Å². The summed E-state index contributed by atoms with van der Waals surface area (Å²) in [5.74, 6) is 2.26. The topological polar surface area (TPSA) is 27.7 Å². The lowest BCUT2D eigenvalue weighted by molar-refractivity contribution is 0.231. The van der Waals surface area contributed by atoms with Crippen LogP contribution in [0, 0.1) is 13.8 Å². The van der Waals surface area contributed by atoms with Crippen molar-refractivity contribution in [2.75, 3.05) is 12.8 Å². The van der Waals surface area contributed by atoms with Crippen LogP contribution in [0.2, 0.25) is 0 Å². The van der Waals surface area contributed by atoms with E-state index in [-0.39, 0.29) is 10.8 Å². The molecule has 4 heteroatoms. The van der Waals surface area contributed by atoms with Crippen molar-refractivity contribution in [1.82, 2.24) is 0 Å². The number of hydrogen-bond acceptors (Lipinski definition) is 3. The van der Waals surface area contributed by atoms with Crippen LogP contribution in [-0.4, -0.2) is 12.8 Å². The molecule has 0 N–H and O–H groups in total. The van der Waals surface area contributed by atoms with Gasteiger partial charge in [-0.3, -0.25) is 9.05 Å². The summed E-state index contributed by atoms with van der Waals surface area (Å²) < 4.78 is 22.2. The van der Waals surface area contributed by atoms with Crippen LogP contribution in [0.1, 0.15) is 256 Å². The minimum absolute atomic E-state index is 0.0883. The molecule has 0 amide bonds. The van der Waals surface area contributed by atoms with Gasteiger partial charge < -0.3 is 0 Å². The summed E-state index contributed by atoms with van der Waals surface area (Å²) in [6.07, 6.45) is 32.1. The summed E-state index contributed by atoms with van der Waals surface area (Å²) >= 11 is 0. The van der Waals surface area contributed by atoms with Crippen molar-refractivity contribution in [2.45, 2.75) is 247 Å². The molecule has 4 aliphatic heterocycles. The third-order valence-corrected chi connectivity index (χ3v) is 14.6. The predicted octanol–water partition coefficient (Wildman–Crippen LogP) is 18.0. The van der Waals surface area contributed by atoms with E-state index in [0.717, 1.165) is 43.3 Å². The SMILES string of the molecule is CCCCCCCCCCCCCO[P+]1(CCCCCCCCCCCCC)Oc2cc(C)c(cc2C(C)(C)C)C(CCC)c2cc(C(C)(C)C)c(cc2C)O1. The van der Waals surface area contributed by atoms with Gasteiger partial charge in [-0.05, 0) is 84.7 Å². The molecular weight excluding hydrogens is 704 g/mol. The Morgan fingerprint density at radius 2 is 0.839 bits per heavy atom. The highest BCUT2D eigenvalue weighted by molar-refractivity contribution is 7.62. The van der Waals surface area contributed by atoms with Crippen LogP contribution in [0.15, 0.2) is 24.3 Å². The molecule has 0 atom stereocenters. The highest BCUT2D eigenvalue weighted by atomic mass is 31.2. The molecule has 4 aliphatic rings.